The van der Waals surface area contributed by atoms with Crippen LogP contribution in [-0.4, -0.2) is 25.7 Å². The zero-order valence-electron chi connectivity index (χ0n) is 12.7. The van der Waals surface area contributed by atoms with Crippen LogP contribution in [0.3, 0.4) is 0 Å². The van der Waals surface area contributed by atoms with Crippen molar-refractivity contribution >= 4 is 23.4 Å². The summed E-state index contributed by atoms with van der Waals surface area (Å²) in [6.45, 7) is 1.86. The fourth-order valence-corrected chi connectivity index (χ4v) is 2.12. The molecule has 0 atom stereocenters. The lowest BCUT2D eigenvalue weighted by Gasteiger charge is -2.11. The first-order chi connectivity index (χ1) is 11.4. The first-order valence-electron chi connectivity index (χ1n) is 6.94. The molecule has 0 aliphatic heterocycles. The zero-order chi connectivity index (χ0) is 17.3. The quantitative estimate of drug-likeness (QED) is 0.667. The summed E-state index contributed by atoms with van der Waals surface area (Å²) in [5, 5.41) is 6.89. The molecule has 1 amide bonds. The van der Waals surface area contributed by atoms with Crippen molar-refractivity contribution in [2.75, 3.05) is 11.1 Å². The Morgan fingerprint density at radius 1 is 1.33 bits per heavy atom. The summed E-state index contributed by atoms with van der Waals surface area (Å²) in [5.41, 5.74) is 12.4. The van der Waals surface area contributed by atoms with Gasteiger partial charge in [-0.05, 0) is 30.7 Å². The highest BCUT2D eigenvalue weighted by Crippen LogP contribution is 2.22. The van der Waals surface area contributed by atoms with Gasteiger partial charge in [0.15, 0.2) is 5.82 Å². The minimum atomic E-state index is -0.721. The molecule has 0 spiro atoms. The van der Waals surface area contributed by atoms with E-state index in [-0.39, 0.29) is 17.3 Å². The van der Waals surface area contributed by atoms with Crippen molar-refractivity contribution in [3.63, 3.8) is 0 Å². The molecule has 0 unspecified atom stereocenters. The van der Waals surface area contributed by atoms with Crippen LogP contribution in [0, 0.1) is 12.7 Å². The lowest BCUT2D eigenvalue weighted by atomic mass is 10.2. The van der Waals surface area contributed by atoms with Gasteiger partial charge in [-0.2, -0.15) is 10.1 Å². The number of benzene rings is 1. The number of nitrogens with zero attached hydrogens (tertiary/aromatic N) is 4. The highest BCUT2D eigenvalue weighted by atomic mass is 19.1. The van der Waals surface area contributed by atoms with Crippen molar-refractivity contribution in [1.29, 1.82) is 0 Å². The second kappa shape index (κ2) is 5.95. The number of nitrogens with two attached hydrogens (primary N) is 2. The number of aryl methyl sites for hydroxylation is 1. The topological polar surface area (TPSA) is 125 Å². The van der Waals surface area contributed by atoms with Crippen LogP contribution >= 0.6 is 0 Å². The lowest BCUT2D eigenvalue weighted by molar-refractivity contribution is 0.100. The van der Waals surface area contributed by atoms with E-state index in [1.165, 1.54) is 16.9 Å². The van der Waals surface area contributed by atoms with Crippen LogP contribution in [0.5, 0.6) is 0 Å². The van der Waals surface area contributed by atoms with Crippen molar-refractivity contribution in [1.82, 2.24) is 19.7 Å². The average Bonchev–Trinajstić information content (AvgIpc) is 2.93. The van der Waals surface area contributed by atoms with E-state index in [1.807, 2.05) is 6.92 Å². The van der Waals surface area contributed by atoms with Crippen LogP contribution in [0.4, 0.5) is 21.8 Å². The van der Waals surface area contributed by atoms with Gasteiger partial charge >= 0.3 is 0 Å². The third-order valence-electron chi connectivity index (χ3n) is 3.24. The molecule has 122 valence electrons. The van der Waals surface area contributed by atoms with E-state index in [9.17, 15) is 9.18 Å². The first kappa shape index (κ1) is 15.4. The number of halogens is 1. The minimum Gasteiger partial charge on any atom is -0.368 e. The Bertz CT molecular complexity index is 922. The van der Waals surface area contributed by atoms with Crippen molar-refractivity contribution in [2.24, 2.45) is 5.73 Å². The number of amides is 1. The Labute approximate surface area is 136 Å². The number of hydrogen-bond donors (Lipinski definition) is 3. The zero-order valence-corrected chi connectivity index (χ0v) is 12.7. The Kier molecular flexibility index (Phi) is 3.82. The maximum atomic E-state index is 14.3. The summed E-state index contributed by atoms with van der Waals surface area (Å²) in [5.74, 6) is -1.14. The van der Waals surface area contributed by atoms with Crippen molar-refractivity contribution < 1.29 is 9.18 Å². The van der Waals surface area contributed by atoms with E-state index >= 15 is 0 Å². The van der Waals surface area contributed by atoms with Crippen LogP contribution in [0.25, 0.3) is 5.69 Å². The molecule has 0 radical (unpaired) electrons. The van der Waals surface area contributed by atoms with E-state index < -0.39 is 11.7 Å². The van der Waals surface area contributed by atoms with Gasteiger partial charge in [0.2, 0.25) is 5.95 Å². The van der Waals surface area contributed by atoms with Gasteiger partial charge in [-0.25, -0.2) is 14.1 Å². The lowest BCUT2D eigenvalue weighted by Crippen LogP contribution is -2.15. The Morgan fingerprint density at radius 2 is 2.12 bits per heavy atom. The number of nitrogen functional groups attached to an aromatic ring is 1. The Balaban J connectivity index is 1.93. The molecule has 9 heteroatoms. The van der Waals surface area contributed by atoms with Crippen LogP contribution in [0.15, 0.2) is 36.8 Å². The summed E-state index contributed by atoms with van der Waals surface area (Å²) in [7, 11) is 0. The normalized spacial score (nSPS) is 10.6. The molecule has 2 aromatic heterocycles. The van der Waals surface area contributed by atoms with Gasteiger partial charge in [0.25, 0.3) is 5.91 Å². The summed E-state index contributed by atoms with van der Waals surface area (Å²) >= 11 is 0. The molecule has 3 aromatic rings. The number of anilines is 3. The van der Waals surface area contributed by atoms with Crippen LogP contribution < -0.4 is 16.8 Å². The number of rotatable bonds is 4. The summed E-state index contributed by atoms with van der Waals surface area (Å²) in [4.78, 5) is 19.0. The monoisotopic (exact) mass is 327 g/mol. The SMILES string of the molecule is Cc1cnn(-c2ccc(Nc3nc(N)ncc3C(N)=O)cc2F)c1. The Morgan fingerprint density at radius 3 is 2.75 bits per heavy atom. The van der Waals surface area contributed by atoms with Gasteiger partial charge in [0.05, 0.1) is 6.20 Å². The van der Waals surface area contributed by atoms with E-state index in [0.717, 1.165) is 5.56 Å². The summed E-state index contributed by atoms with van der Waals surface area (Å²) in [6.07, 6.45) is 4.56. The third kappa shape index (κ3) is 3.00. The largest absolute Gasteiger partial charge is 0.368 e. The fraction of sp³-hybridized carbons (Fsp3) is 0.0667. The molecule has 0 fully saturated rings. The molecule has 0 saturated heterocycles. The van der Waals surface area contributed by atoms with Crippen LogP contribution in [-0.2, 0) is 0 Å². The molecule has 5 N–H and O–H groups in total. The van der Waals surface area contributed by atoms with Gasteiger partial charge in [-0.1, -0.05) is 0 Å². The molecule has 0 bridgehead atoms. The van der Waals surface area contributed by atoms with E-state index in [1.54, 1.807) is 24.5 Å². The third-order valence-corrected chi connectivity index (χ3v) is 3.24. The van der Waals surface area contributed by atoms with Crippen molar-refractivity contribution in [2.45, 2.75) is 6.92 Å². The standard InChI is InChI=1S/C15H14FN7O/c1-8-5-20-23(7-8)12-3-2-9(4-11(12)16)21-14-10(13(17)24)6-19-15(18)22-14/h2-7H,1H3,(H2,17,24)(H3,18,19,21,22). The molecular weight excluding hydrogens is 313 g/mol. The van der Waals surface area contributed by atoms with Gasteiger partial charge in [-0.15, -0.1) is 0 Å². The second-order valence-electron chi connectivity index (χ2n) is 5.11. The smallest absolute Gasteiger partial charge is 0.254 e. The number of primary amides is 1. The van der Waals surface area contributed by atoms with Crippen LogP contribution in [0.2, 0.25) is 0 Å². The van der Waals surface area contributed by atoms with Gasteiger partial charge < -0.3 is 16.8 Å². The first-order valence-corrected chi connectivity index (χ1v) is 6.94. The molecular formula is C15H14FN7O. The number of aromatic nitrogens is 4. The average molecular weight is 327 g/mol. The van der Waals surface area contributed by atoms with Gasteiger partial charge in [-0.3, -0.25) is 4.79 Å². The number of nitrogens with one attached hydrogen (secondary N) is 1. The molecule has 8 nitrogen and oxygen atoms in total. The van der Waals surface area contributed by atoms with E-state index in [4.69, 9.17) is 11.5 Å². The molecule has 0 saturated carbocycles. The van der Waals surface area contributed by atoms with Gasteiger partial charge in [0, 0.05) is 18.1 Å². The highest BCUT2D eigenvalue weighted by molar-refractivity contribution is 5.98. The predicted octanol–water partition coefficient (Wildman–Crippen LogP) is 1.53. The predicted molar refractivity (Wildman–Crippen MR) is 86.5 cm³/mol. The van der Waals surface area contributed by atoms with Crippen molar-refractivity contribution in [3.05, 3.63) is 53.7 Å². The maximum absolute atomic E-state index is 14.3. The molecule has 3 rings (SSSR count). The summed E-state index contributed by atoms with van der Waals surface area (Å²) in [6, 6.07) is 4.44. The molecule has 1 aromatic carbocycles. The van der Waals surface area contributed by atoms with E-state index in [0.29, 0.717) is 11.4 Å². The highest BCUT2D eigenvalue weighted by Gasteiger charge is 2.13. The molecule has 0 aliphatic rings. The second-order valence-corrected chi connectivity index (χ2v) is 5.11. The number of carbonyl (C=O) groups is 1. The molecule has 24 heavy (non-hydrogen) atoms. The minimum absolute atomic E-state index is 0.0355. The van der Waals surface area contributed by atoms with Crippen molar-refractivity contribution in [3.8, 4) is 5.69 Å². The molecule has 0 aliphatic carbocycles. The molecule has 2 heterocycles. The Hall–Kier alpha value is -3.49. The fourth-order valence-electron chi connectivity index (χ4n) is 2.12. The number of carbonyl (C=O) groups excluding carboxylic acids is 1. The maximum Gasteiger partial charge on any atom is 0.254 e. The number of hydrogen-bond acceptors (Lipinski definition) is 6. The van der Waals surface area contributed by atoms with Gasteiger partial charge in [0.1, 0.15) is 17.1 Å². The van der Waals surface area contributed by atoms with E-state index in [2.05, 4.69) is 20.4 Å². The summed E-state index contributed by atoms with van der Waals surface area (Å²) < 4.78 is 15.8. The van der Waals surface area contributed by atoms with Crippen LogP contribution in [0.1, 0.15) is 15.9 Å².